The van der Waals surface area contributed by atoms with E-state index in [0.717, 1.165) is 24.1 Å². The molecule has 0 spiro atoms. The summed E-state index contributed by atoms with van der Waals surface area (Å²) >= 11 is 0. The van der Waals surface area contributed by atoms with Gasteiger partial charge in [-0.2, -0.15) is 4.31 Å². The molecule has 0 aromatic heterocycles. The van der Waals surface area contributed by atoms with Crippen LogP contribution in [0, 0.1) is 6.92 Å². The van der Waals surface area contributed by atoms with Gasteiger partial charge in [0.05, 0.1) is 11.4 Å². The highest BCUT2D eigenvalue weighted by Gasteiger charge is 2.29. The minimum atomic E-state index is -3.56. The minimum Gasteiger partial charge on any atom is -0.480 e. The van der Waals surface area contributed by atoms with Crippen LogP contribution in [0.1, 0.15) is 24.8 Å². The Labute approximate surface area is 156 Å². The predicted octanol–water partition coefficient (Wildman–Crippen LogP) is 1.62. The van der Waals surface area contributed by atoms with E-state index in [9.17, 15) is 13.2 Å². The highest BCUT2D eigenvalue weighted by molar-refractivity contribution is 7.89. The van der Waals surface area contributed by atoms with Crippen LogP contribution in [0.2, 0.25) is 0 Å². The summed E-state index contributed by atoms with van der Waals surface area (Å²) in [6, 6.07) is 5.31. The first-order valence-corrected chi connectivity index (χ1v) is 10.3. The molecule has 2 rings (SSSR count). The van der Waals surface area contributed by atoms with E-state index in [0.29, 0.717) is 24.4 Å². The molecule has 1 atom stereocenters. The molecule has 146 valence electrons. The fraction of sp³-hybridized carbons (Fsp3) is 0.611. The summed E-state index contributed by atoms with van der Waals surface area (Å²) in [5.41, 5.74) is 1.92. The number of sulfonamides is 1. The third-order valence-corrected chi connectivity index (χ3v) is 6.86. The van der Waals surface area contributed by atoms with Gasteiger partial charge in [0.2, 0.25) is 10.0 Å². The van der Waals surface area contributed by atoms with Crippen LogP contribution < -0.4 is 4.90 Å². The van der Waals surface area contributed by atoms with Gasteiger partial charge >= 0.3 is 5.97 Å². The van der Waals surface area contributed by atoms with E-state index in [2.05, 4.69) is 0 Å². The lowest BCUT2D eigenvalue weighted by atomic mass is 10.1. The number of aryl methyl sites for hydroxylation is 1. The molecule has 1 aromatic rings. The molecular weight excluding hydrogens is 354 g/mol. The maximum Gasteiger partial charge on any atom is 0.317 e. The Hall–Kier alpha value is -1.64. The van der Waals surface area contributed by atoms with Crippen molar-refractivity contribution in [3.8, 4) is 0 Å². The van der Waals surface area contributed by atoms with Gasteiger partial charge in [-0.3, -0.25) is 9.69 Å². The van der Waals surface area contributed by atoms with Crippen LogP contribution in [0.15, 0.2) is 23.1 Å². The first kappa shape index (κ1) is 20.7. The Morgan fingerprint density at radius 1 is 1.23 bits per heavy atom. The minimum absolute atomic E-state index is 0.0262. The number of carboxylic acid groups (broad SMARTS) is 1. The third-order valence-electron chi connectivity index (χ3n) is 4.96. The van der Waals surface area contributed by atoms with Crippen LogP contribution >= 0.6 is 0 Å². The number of anilines is 1. The van der Waals surface area contributed by atoms with Crippen molar-refractivity contribution in [3.05, 3.63) is 23.8 Å². The van der Waals surface area contributed by atoms with E-state index in [1.807, 2.05) is 32.0 Å². The first-order valence-electron chi connectivity index (χ1n) is 8.83. The number of benzene rings is 1. The number of nitrogens with zero attached hydrogens (tertiary/aromatic N) is 3. The fourth-order valence-corrected chi connectivity index (χ4v) is 4.97. The molecule has 7 nitrogen and oxygen atoms in total. The zero-order valence-electron chi connectivity index (χ0n) is 16.0. The van der Waals surface area contributed by atoms with Crippen LogP contribution in [0.4, 0.5) is 5.69 Å². The topological polar surface area (TPSA) is 81.2 Å². The van der Waals surface area contributed by atoms with Crippen molar-refractivity contribution in [1.29, 1.82) is 0 Å². The van der Waals surface area contributed by atoms with Crippen molar-refractivity contribution in [3.63, 3.8) is 0 Å². The summed E-state index contributed by atoms with van der Waals surface area (Å²) in [7, 11) is 2.02. The molecule has 0 amide bonds. The zero-order valence-corrected chi connectivity index (χ0v) is 16.8. The molecule has 1 heterocycles. The van der Waals surface area contributed by atoms with Crippen molar-refractivity contribution < 1.29 is 18.3 Å². The van der Waals surface area contributed by atoms with E-state index in [4.69, 9.17) is 5.11 Å². The maximum absolute atomic E-state index is 13.1. The fourth-order valence-electron chi connectivity index (χ4n) is 3.46. The normalized spacial score (nSPS) is 19.3. The lowest BCUT2D eigenvalue weighted by Gasteiger charge is -2.25. The van der Waals surface area contributed by atoms with Gasteiger partial charge in [0.1, 0.15) is 0 Å². The number of likely N-dealkylation sites (N-methyl/N-ethyl adjacent to an activating group) is 1. The molecule has 1 aromatic carbocycles. The van der Waals surface area contributed by atoms with E-state index < -0.39 is 16.0 Å². The molecule has 0 radical (unpaired) electrons. The molecule has 1 aliphatic heterocycles. The summed E-state index contributed by atoms with van der Waals surface area (Å²) < 4.78 is 27.7. The van der Waals surface area contributed by atoms with Gasteiger partial charge in [0.15, 0.2) is 0 Å². The first-order chi connectivity index (χ1) is 12.1. The Morgan fingerprint density at radius 2 is 1.92 bits per heavy atom. The molecule has 1 N–H and O–H groups in total. The van der Waals surface area contributed by atoms with Gasteiger partial charge in [-0.15, -0.1) is 0 Å². The maximum atomic E-state index is 13.1. The molecule has 0 saturated carbocycles. The van der Waals surface area contributed by atoms with E-state index in [1.165, 1.54) is 4.31 Å². The van der Waals surface area contributed by atoms with Crippen LogP contribution in [0.5, 0.6) is 0 Å². The van der Waals surface area contributed by atoms with Gasteiger partial charge in [-0.05, 0) is 50.9 Å². The van der Waals surface area contributed by atoms with Crippen molar-refractivity contribution >= 4 is 21.7 Å². The summed E-state index contributed by atoms with van der Waals surface area (Å²) in [5, 5.41) is 8.96. The second-order valence-corrected chi connectivity index (χ2v) is 9.08. The van der Waals surface area contributed by atoms with E-state index in [1.54, 1.807) is 24.1 Å². The molecule has 0 bridgehead atoms. The van der Waals surface area contributed by atoms with Crippen LogP contribution in [-0.4, -0.2) is 75.5 Å². The Bertz CT molecular complexity index is 749. The number of carbonyl (C=O) groups is 1. The van der Waals surface area contributed by atoms with Crippen molar-refractivity contribution in [2.45, 2.75) is 37.1 Å². The van der Waals surface area contributed by atoms with E-state index in [-0.39, 0.29) is 12.6 Å². The van der Waals surface area contributed by atoms with Crippen LogP contribution in [-0.2, 0) is 14.8 Å². The van der Waals surface area contributed by atoms with Crippen molar-refractivity contribution in [1.82, 2.24) is 9.21 Å². The molecule has 26 heavy (non-hydrogen) atoms. The zero-order chi connectivity index (χ0) is 19.5. The van der Waals surface area contributed by atoms with Crippen LogP contribution in [0.3, 0.4) is 0 Å². The van der Waals surface area contributed by atoms with E-state index >= 15 is 0 Å². The Kier molecular flexibility index (Phi) is 6.65. The highest BCUT2D eigenvalue weighted by atomic mass is 32.2. The van der Waals surface area contributed by atoms with Gasteiger partial charge in [0, 0.05) is 38.9 Å². The summed E-state index contributed by atoms with van der Waals surface area (Å²) in [5.74, 6) is -0.864. The van der Waals surface area contributed by atoms with Crippen molar-refractivity contribution in [2.24, 2.45) is 0 Å². The lowest BCUT2D eigenvalue weighted by Crippen LogP contribution is -2.37. The second kappa shape index (κ2) is 8.37. The Balaban J connectivity index is 2.17. The summed E-state index contributed by atoms with van der Waals surface area (Å²) in [6.07, 6.45) is 2.16. The Morgan fingerprint density at radius 3 is 2.54 bits per heavy atom. The SMILES string of the molecule is Cc1ccc(S(=O)(=O)N2CCCC(N(C)CC(=O)O)CC2)cc1N(C)C. The quantitative estimate of drug-likeness (QED) is 0.804. The smallest absolute Gasteiger partial charge is 0.317 e. The highest BCUT2D eigenvalue weighted by Crippen LogP contribution is 2.27. The standard InChI is InChI=1S/C18H29N3O4S/c1-14-7-8-16(12-17(14)19(2)3)26(24,25)21-10-5-6-15(9-11-21)20(4)13-18(22)23/h7-8,12,15H,5-6,9-11,13H2,1-4H3,(H,22,23). The van der Waals surface area contributed by atoms with Gasteiger partial charge in [-0.1, -0.05) is 6.07 Å². The predicted molar refractivity (Wildman–Crippen MR) is 102 cm³/mol. The largest absolute Gasteiger partial charge is 0.480 e. The van der Waals surface area contributed by atoms with Crippen molar-refractivity contribution in [2.75, 3.05) is 45.7 Å². The average molecular weight is 384 g/mol. The average Bonchev–Trinajstić information content (AvgIpc) is 2.80. The third kappa shape index (κ3) is 4.75. The lowest BCUT2D eigenvalue weighted by molar-refractivity contribution is -0.138. The summed E-state index contributed by atoms with van der Waals surface area (Å²) in [4.78, 5) is 14.9. The number of hydrogen-bond donors (Lipinski definition) is 1. The number of carboxylic acids is 1. The van der Waals surface area contributed by atoms with Gasteiger partial charge in [0.25, 0.3) is 0 Å². The molecule has 8 heteroatoms. The number of rotatable bonds is 6. The number of hydrogen-bond acceptors (Lipinski definition) is 5. The monoisotopic (exact) mass is 383 g/mol. The molecule has 1 fully saturated rings. The molecule has 1 unspecified atom stereocenters. The second-order valence-electron chi connectivity index (χ2n) is 7.14. The molecule has 1 saturated heterocycles. The van der Waals surface area contributed by atoms with Gasteiger partial charge in [-0.25, -0.2) is 8.42 Å². The number of aliphatic carboxylic acids is 1. The summed E-state index contributed by atoms with van der Waals surface area (Å²) in [6.45, 7) is 2.80. The molecule has 0 aliphatic carbocycles. The van der Waals surface area contributed by atoms with Gasteiger partial charge < -0.3 is 10.0 Å². The molecule has 1 aliphatic rings. The molecular formula is C18H29N3O4S. The van der Waals surface area contributed by atoms with Crippen LogP contribution in [0.25, 0.3) is 0 Å².